The second-order valence-electron chi connectivity index (χ2n) is 4.94. The lowest BCUT2D eigenvalue weighted by atomic mass is 9.97. The number of halogens is 1. The Morgan fingerprint density at radius 3 is 2.57 bits per heavy atom. The predicted molar refractivity (Wildman–Crippen MR) is 74.6 cm³/mol. The number of carbonyl (C=O) groups is 2. The van der Waals surface area contributed by atoms with Crippen molar-refractivity contribution >= 4 is 22.7 Å². The molecule has 0 radical (unpaired) electrons. The number of amides is 1. The summed E-state index contributed by atoms with van der Waals surface area (Å²) in [7, 11) is -1.59. The van der Waals surface area contributed by atoms with Crippen LogP contribution in [-0.4, -0.2) is 44.9 Å². The zero-order chi connectivity index (χ0) is 15.4. The normalized spacial score (nSPS) is 17.5. The van der Waals surface area contributed by atoms with E-state index in [0.717, 1.165) is 6.07 Å². The minimum atomic E-state index is -1.59. The van der Waals surface area contributed by atoms with Crippen molar-refractivity contribution in [2.45, 2.75) is 17.7 Å². The molecule has 2 rings (SSSR count). The minimum absolute atomic E-state index is 0.207. The number of hydrogen-bond acceptors (Lipinski definition) is 3. The Bertz CT molecular complexity index is 570. The molecule has 1 amide bonds. The van der Waals surface area contributed by atoms with Crippen LogP contribution in [0.1, 0.15) is 12.8 Å². The van der Waals surface area contributed by atoms with Crippen molar-refractivity contribution in [3.05, 3.63) is 30.1 Å². The van der Waals surface area contributed by atoms with Crippen LogP contribution in [0.5, 0.6) is 0 Å². The van der Waals surface area contributed by atoms with Crippen molar-refractivity contribution in [2.24, 2.45) is 5.92 Å². The molecule has 1 aromatic carbocycles. The third-order valence-electron chi connectivity index (χ3n) is 3.51. The van der Waals surface area contributed by atoms with Gasteiger partial charge < -0.3 is 10.0 Å². The number of piperidine rings is 1. The fourth-order valence-corrected chi connectivity index (χ4v) is 3.32. The van der Waals surface area contributed by atoms with Crippen molar-refractivity contribution in [1.29, 1.82) is 0 Å². The second-order valence-corrected chi connectivity index (χ2v) is 6.39. The van der Waals surface area contributed by atoms with Crippen LogP contribution in [0.25, 0.3) is 0 Å². The Morgan fingerprint density at radius 1 is 1.33 bits per heavy atom. The highest BCUT2D eigenvalue weighted by atomic mass is 32.2. The number of aliphatic carboxylic acids is 1. The summed E-state index contributed by atoms with van der Waals surface area (Å²) >= 11 is 0. The van der Waals surface area contributed by atoms with Gasteiger partial charge in [0.2, 0.25) is 5.91 Å². The quantitative estimate of drug-likeness (QED) is 0.908. The summed E-state index contributed by atoms with van der Waals surface area (Å²) in [5, 5.41) is 8.90. The van der Waals surface area contributed by atoms with E-state index < -0.39 is 28.5 Å². The maximum atomic E-state index is 13.1. The summed E-state index contributed by atoms with van der Waals surface area (Å²) in [6.45, 7) is 0.715. The molecule has 21 heavy (non-hydrogen) atoms. The molecule has 1 atom stereocenters. The van der Waals surface area contributed by atoms with E-state index in [1.807, 2.05) is 0 Å². The van der Waals surface area contributed by atoms with Crippen LogP contribution in [0, 0.1) is 11.7 Å². The van der Waals surface area contributed by atoms with Crippen LogP contribution in [0.3, 0.4) is 0 Å². The number of likely N-dealkylation sites (tertiary alicyclic amines) is 1. The summed E-state index contributed by atoms with van der Waals surface area (Å²) in [6.07, 6.45) is 0.821. The zero-order valence-electron chi connectivity index (χ0n) is 11.3. The van der Waals surface area contributed by atoms with Gasteiger partial charge in [-0.05, 0) is 31.0 Å². The van der Waals surface area contributed by atoms with Gasteiger partial charge in [-0.25, -0.2) is 4.39 Å². The topological polar surface area (TPSA) is 74.7 Å². The summed E-state index contributed by atoms with van der Waals surface area (Å²) < 4.78 is 25.1. The lowest BCUT2D eigenvalue weighted by Gasteiger charge is -2.30. The molecule has 1 fully saturated rings. The first kappa shape index (κ1) is 15.6. The van der Waals surface area contributed by atoms with E-state index in [1.165, 1.54) is 23.1 Å². The van der Waals surface area contributed by atoms with E-state index in [-0.39, 0.29) is 16.6 Å². The molecular weight excluding hydrogens is 297 g/mol. The summed E-state index contributed by atoms with van der Waals surface area (Å²) in [5.74, 6) is -2.24. The molecule has 114 valence electrons. The standard InChI is InChI=1S/C14H16FNO4S/c15-11-2-1-3-12(8-11)21(20)9-13(17)16-6-4-10(5-7-16)14(18)19/h1-3,8,10H,4-7,9H2,(H,18,19). The number of rotatable bonds is 4. The summed E-state index contributed by atoms with van der Waals surface area (Å²) in [4.78, 5) is 24.7. The largest absolute Gasteiger partial charge is 0.481 e. The second kappa shape index (κ2) is 6.80. The Kier molecular flexibility index (Phi) is 5.06. The van der Waals surface area contributed by atoms with Gasteiger partial charge in [0.25, 0.3) is 0 Å². The molecule has 1 heterocycles. The van der Waals surface area contributed by atoms with Crippen molar-refractivity contribution in [2.75, 3.05) is 18.8 Å². The van der Waals surface area contributed by atoms with E-state index in [9.17, 15) is 18.2 Å². The van der Waals surface area contributed by atoms with Gasteiger partial charge in [-0.15, -0.1) is 0 Å². The van der Waals surface area contributed by atoms with Gasteiger partial charge in [0.05, 0.1) is 16.7 Å². The van der Waals surface area contributed by atoms with Gasteiger partial charge in [-0.2, -0.15) is 0 Å². The molecule has 0 bridgehead atoms. The molecule has 1 N–H and O–H groups in total. The Morgan fingerprint density at radius 2 is 2.00 bits per heavy atom. The van der Waals surface area contributed by atoms with E-state index >= 15 is 0 Å². The fourth-order valence-electron chi connectivity index (χ4n) is 2.27. The highest BCUT2D eigenvalue weighted by Gasteiger charge is 2.27. The predicted octanol–water partition coefficient (Wildman–Crippen LogP) is 1.26. The number of nitrogens with zero attached hydrogens (tertiary/aromatic N) is 1. The first-order valence-electron chi connectivity index (χ1n) is 6.62. The highest BCUT2D eigenvalue weighted by molar-refractivity contribution is 7.85. The molecule has 1 aliphatic heterocycles. The third kappa shape index (κ3) is 4.10. The van der Waals surface area contributed by atoms with Crippen molar-refractivity contribution in [3.63, 3.8) is 0 Å². The lowest BCUT2D eigenvalue weighted by molar-refractivity contribution is -0.145. The minimum Gasteiger partial charge on any atom is -0.481 e. The van der Waals surface area contributed by atoms with Gasteiger partial charge in [-0.3, -0.25) is 13.8 Å². The fraction of sp³-hybridized carbons (Fsp3) is 0.429. The molecule has 1 aromatic rings. The number of hydrogen-bond donors (Lipinski definition) is 1. The summed E-state index contributed by atoms with van der Waals surface area (Å²) in [5.41, 5.74) is 0. The van der Waals surface area contributed by atoms with Crippen molar-refractivity contribution in [1.82, 2.24) is 4.90 Å². The Labute approximate surface area is 124 Å². The number of carboxylic acid groups (broad SMARTS) is 1. The molecule has 0 aliphatic carbocycles. The SMILES string of the molecule is O=C(O)C1CCN(C(=O)CS(=O)c2cccc(F)c2)CC1. The maximum absolute atomic E-state index is 13.1. The molecule has 7 heteroatoms. The monoisotopic (exact) mass is 313 g/mol. The molecule has 0 saturated carbocycles. The lowest BCUT2D eigenvalue weighted by Crippen LogP contribution is -2.42. The van der Waals surface area contributed by atoms with E-state index in [2.05, 4.69) is 0 Å². The smallest absolute Gasteiger partial charge is 0.306 e. The van der Waals surface area contributed by atoms with Crippen LogP contribution in [0.2, 0.25) is 0 Å². The van der Waals surface area contributed by atoms with E-state index in [4.69, 9.17) is 5.11 Å². The average Bonchev–Trinajstić information content (AvgIpc) is 2.47. The summed E-state index contributed by atoms with van der Waals surface area (Å²) in [6, 6.07) is 5.37. The number of carbonyl (C=O) groups excluding carboxylic acids is 1. The van der Waals surface area contributed by atoms with Gasteiger partial charge >= 0.3 is 5.97 Å². The van der Waals surface area contributed by atoms with Gasteiger partial charge in [-0.1, -0.05) is 6.07 Å². The highest BCUT2D eigenvalue weighted by Crippen LogP contribution is 2.18. The van der Waals surface area contributed by atoms with Gasteiger partial charge in [0.15, 0.2) is 0 Å². The van der Waals surface area contributed by atoms with Crippen LogP contribution >= 0.6 is 0 Å². The maximum Gasteiger partial charge on any atom is 0.306 e. The number of benzene rings is 1. The Balaban J connectivity index is 1.90. The molecule has 5 nitrogen and oxygen atoms in total. The van der Waals surface area contributed by atoms with E-state index in [1.54, 1.807) is 0 Å². The van der Waals surface area contributed by atoms with Crippen molar-refractivity contribution < 1.29 is 23.3 Å². The Hall–Kier alpha value is -1.76. The molecular formula is C14H16FNO4S. The number of carboxylic acids is 1. The first-order valence-corrected chi connectivity index (χ1v) is 7.94. The molecule has 1 aliphatic rings. The van der Waals surface area contributed by atoms with Crippen LogP contribution in [0.4, 0.5) is 4.39 Å². The molecule has 1 unspecified atom stereocenters. The van der Waals surface area contributed by atoms with Crippen LogP contribution in [-0.2, 0) is 20.4 Å². The van der Waals surface area contributed by atoms with Crippen LogP contribution < -0.4 is 0 Å². The molecule has 0 aromatic heterocycles. The zero-order valence-corrected chi connectivity index (χ0v) is 12.1. The van der Waals surface area contributed by atoms with Crippen LogP contribution in [0.15, 0.2) is 29.2 Å². The van der Waals surface area contributed by atoms with Crippen molar-refractivity contribution in [3.8, 4) is 0 Å². The van der Waals surface area contributed by atoms with Gasteiger partial charge in [0, 0.05) is 18.0 Å². The van der Waals surface area contributed by atoms with E-state index in [0.29, 0.717) is 25.9 Å². The molecule has 1 saturated heterocycles. The first-order chi connectivity index (χ1) is 9.97. The third-order valence-corrected chi connectivity index (χ3v) is 4.80. The van der Waals surface area contributed by atoms with Gasteiger partial charge in [0.1, 0.15) is 11.6 Å². The average molecular weight is 313 g/mol. The molecule has 0 spiro atoms.